The predicted octanol–water partition coefficient (Wildman–Crippen LogP) is 3.44. The molecule has 0 saturated carbocycles. The first-order chi connectivity index (χ1) is 12.7. The molecule has 0 N–H and O–H groups in total. The smallest absolute Gasteiger partial charge is 0.179 e. The molecule has 0 spiro atoms. The molecule has 138 valence electrons. The number of anilines is 1. The van der Waals surface area contributed by atoms with Gasteiger partial charge in [0.15, 0.2) is 11.5 Å². The van der Waals surface area contributed by atoms with E-state index in [1.165, 1.54) is 0 Å². The molecule has 0 unspecified atom stereocenters. The Bertz CT molecular complexity index is 776. The van der Waals surface area contributed by atoms with Crippen molar-refractivity contribution in [3.05, 3.63) is 47.0 Å². The Morgan fingerprint density at radius 1 is 1.04 bits per heavy atom. The second-order valence-electron chi connectivity index (χ2n) is 6.54. The summed E-state index contributed by atoms with van der Waals surface area (Å²) in [6.07, 6.45) is 0. The topological polar surface area (TPSA) is 34.2 Å². The van der Waals surface area contributed by atoms with Gasteiger partial charge in [0.25, 0.3) is 0 Å². The van der Waals surface area contributed by atoms with Crippen LogP contribution in [0, 0.1) is 0 Å². The molecule has 0 amide bonds. The fourth-order valence-corrected chi connectivity index (χ4v) is 3.84. The molecule has 5 nitrogen and oxygen atoms in total. The van der Waals surface area contributed by atoms with Crippen LogP contribution in [0.1, 0.15) is 5.56 Å². The number of fused-ring (bicyclic) bond motifs is 1. The van der Waals surface area contributed by atoms with E-state index in [4.69, 9.17) is 25.8 Å². The van der Waals surface area contributed by atoms with Crippen LogP contribution in [0.15, 0.2) is 36.4 Å². The van der Waals surface area contributed by atoms with Crippen LogP contribution in [0.3, 0.4) is 0 Å². The highest BCUT2D eigenvalue weighted by Crippen LogP contribution is 2.38. The van der Waals surface area contributed by atoms with E-state index in [2.05, 4.69) is 21.9 Å². The summed E-state index contributed by atoms with van der Waals surface area (Å²) in [7, 11) is 1.72. The highest BCUT2D eigenvalue weighted by atomic mass is 35.5. The molecule has 0 radical (unpaired) electrons. The molecule has 4 rings (SSSR count). The maximum Gasteiger partial charge on any atom is 0.179 e. The van der Waals surface area contributed by atoms with E-state index in [0.29, 0.717) is 24.0 Å². The van der Waals surface area contributed by atoms with Crippen LogP contribution in [0.5, 0.6) is 17.2 Å². The summed E-state index contributed by atoms with van der Waals surface area (Å²) in [6, 6.07) is 12.2. The summed E-state index contributed by atoms with van der Waals surface area (Å²) in [5.41, 5.74) is 2.32. The standard InChI is InChI=1S/C20H23ClN2O3/c1-24-18-5-3-2-4-17(18)23-8-6-22(7-9-23)14-15-12-16(21)20-19(13-15)25-10-11-26-20/h2-5,12-13H,6-11,14H2,1H3. The van der Waals surface area contributed by atoms with Gasteiger partial charge in [0.05, 0.1) is 17.8 Å². The first-order valence-electron chi connectivity index (χ1n) is 8.93. The number of piperazine rings is 1. The van der Waals surface area contributed by atoms with Gasteiger partial charge in [-0.1, -0.05) is 23.7 Å². The lowest BCUT2D eigenvalue weighted by Crippen LogP contribution is -2.46. The molecule has 0 aliphatic carbocycles. The fourth-order valence-electron chi connectivity index (χ4n) is 3.55. The quantitative estimate of drug-likeness (QED) is 0.819. The average Bonchev–Trinajstić information content (AvgIpc) is 2.69. The number of halogens is 1. The van der Waals surface area contributed by atoms with Gasteiger partial charge < -0.3 is 19.1 Å². The van der Waals surface area contributed by atoms with Gasteiger partial charge in [-0.2, -0.15) is 0 Å². The Balaban J connectivity index is 1.40. The summed E-state index contributed by atoms with van der Waals surface area (Å²) in [6.45, 7) is 5.91. The zero-order valence-corrected chi connectivity index (χ0v) is 15.7. The number of hydrogen-bond donors (Lipinski definition) is 0. The molecule has 6 heteroatoms. The largest absolute Gasteiger partial charge is 0.495 e. The third-order valence-corrected chi connectivity index (χ3v) is 5.14. The van der Waals surface area contributed by atoms with E-state index < -0.39 is 0 Å². The predicted molar refractivity (Wildman–Crippen MR) is 103 cm³/mol. The van der Waals surface area contributed by atoms with Crippen LogP contribution in [-0.4, -0.2) is 51.4 Å². The second-order valence-corrected chi connectivity index (χ2v) is 6.94. The zero-order valence-electron chi connectivity index (χ0n) is 14.9. The molecule has 2 heterocycles. The van der Waals surface area contributed by atoms with Gasteiger partial charge in [-0.15, -0.1) is 0 Å². The van der Waals surface area contributed by atoms with Crippen LogP contribution >= 0.6 is 11.6 Å². The highest BCUT2D eigenvalue weighted by molar-refractivity contribution is 6.32. The van der Waals surface area contributed by atoms with Crippen LogP contribution in [0.2, 0.25) is 5.02 Å². The number of para-hydroxylation sites is 2. The molecule has 0 atom stereocenters. The molecule has 0 aromatic heterocycles. The summed E-state index contributed by atoms with van der Waals surface area (Å²) in [5, 5.41) is 0.629. The summed E-state index contributed by atoms with van der Waals surface area (Å²) in [5.74, 6) is 2.36. The van der Waals surface area contributed by atoms with Crippen LogP contribution in [0.4, 0.5) is 5.69 Å². The molecule has 2 aromatic rings. The minimum atomic E-state index is 0.553. The maximum absolute atomic E-state index is 6.36. The zero-order chi connectivity index (χ0) is 17.9. The summed E-state index contributed by atoms with van der Waals surface area (Å²) < 4.78 is 16.8. The van der Waals surface area contributed by atoms with Gasteiger partial charge in [0.2, 0.25) is 0 Å². The Hall–Kier alpha value is -2.11. The van der Waals surface area contributed by atoms with Gasteiger partial charge in [0.1, 0.15) is 19.0 Å². The Morgan fingerprint density at radius 3 is 2.62 bits per heavy atom. The molecule has 2 aliphatic rings. The number of ether oxygens (including phenoxy) is 3. The van der Waals surface area contributed by atoms with Crippen LogP contribution in [0.25, 0.3) is 0 Å². The molecule has 1 fully saturated rings. The van der Waals surface area contributed by atoms with Gasteiger partial charge in [-0.05, 0) is 29.8 Å². The van der Waals surface area contributed by atoms with E-state index in [-0.39, 0.29) is 0 Å². The van der Waals surface area contributed by atoms with E-state index in [1.54, 1.807) is 7.11 Å². The van der Waals surface area contributed by atoms with Crippen molar-refractivity contribution in [2.45, 2.75) is 6.54 Å². The third kappa shape index (κ3) is 3.55. The van der Waals surface area contributed by atoms with Gasteiger partial charge in [0, 0.05) is 32.7 Å². The minimum absolute atomic E-state index is 0.553. The van der Waals surface area contributed by atoms with Gasteiger partial charge in [-0.25, -0.2) is 0 Å². The first kappa shape index (κ1) is 17.3. The minimum Gasteiger partial charge on any atom is -0.495 e. The lowest BCUT2D eigenvalue weighted by Gasteiger charge is -2.36. The SMILES string of the molecule is COc1ccccc1N1CCN(Cc2cc(Cl)c3c(c2)OCCO3)CC1. The molecule has 26 heavy (non-hydrogen) atoms. The number of benzene rings is 2. The van der Waals surface area contributed by atoms with Crippen molar-refractivity contribution in [1.29, 1.82) is 0 Å². The molecular weight excluding hydrogens is 352 g/mol. The van der Waals surface area contributed by atoms with Gasteiger partial charge in [-0.3, -0.25) is 4.90 Å². The van der Waals surface area contributed by atoms with Crippen molar-refractivity contribution >= 4 is 17.3 Å². The van der Waals surface area contributed by atoms with E-state index in [1.807, 2.05) is 24.3 Å². The maximum atomic E-state index is 6.36. The van der Waals surface area contributed by atoms with Crippen molar-refractivity contribution in [3.63, 3.8) is 0 Å². The normalized spacial score (nSPS) is 17.2. The van der Waals surface area contributed by atoms with Crippen LogP contribution < -0.4 is 19.1 Å². The summed E-state index contributed by atoms with van der Waals surface area (Å²) in [4.78, 5) is 4.82. The van der Waals surface area contributed by atoms with Crippen molar-refractivity contribution in [2.75, 3.05) is 51.4 Å². The Labute approximate surface area is 159 Å². The Morgan fingerprint density at radius 2 is 1.81 bits per heavy atom. The molecular formula is C20H23ClN2O3. The number of nitrogens with zero attached hydrogens (tertiary/aromatic N) is 2. The molecule has 2 aliphatic heterocycles. The lowest BCUT2D eigenvalue weighted by atomic mass is 10.1. The Kier molecular flexibility index (Phi) is 5.09. The monoisotopic (exact) mass is 374 g/mol. The van der Waals surface area contributed by atoms with Gasteiger partial charge >= 0.3 is 0 Å². The first-order valence-corrected chi connectivity index (χ1v) is 9.31. The molecule has 0 bridgehead atoms. The van der Waals surface area contributed by atoms with Crippen molar-refractivity contribution in [1.82, 2.24) is 4.90 Å². The lowest BCUT2D eigenvalue weighted by molar-refractivity contribution is 0.171. The van der Waals surface area contributed by atoms with Crippen LogP contribution in [-0.2, 0) is 6.54 Å². The number of rotatable bonds is 4. The fraction of sp³-hybridized carbons (Fsp3) is 0.400. The third-order valence-electron chi connectivity index (χ3n) is 4.86. The summed E-state index contributed by atoms with van der Waals surface area (Å²) >= 11 is 6.36. The van der Waals surface area contributed by atoms with Crippen molar-refractivity contribution < 1.29 is 14.2 Å². The molecule has 1 saturated heterocycles. The van der Waals surface area contributed by atoms with E-state index in [0.717, 1.165) is 55.5 Å². The van der Waals surface area contributed by atoms with E-state index in [9.17, 15) is 0 Å². The number of methoxy groups -OCH3 is 1. The van der Waals surface area contributed by atoms with E-state index >= 15 is 0 Å². The number of hydrogen-bond acceptors (Lipinski definition) is 5. The average molecular weight is 375 g/mol. The second kappa shape index (κ2) is 7.64. The highest BCUT2D eigenvalue weighted by Gasteiger charge is 2.21. The van der Waals surface area contributed by atoms with Crippen molar-refractivity contribution in [2.24, 2.45) is 0 Å². The van der Waals surface area contributed by atoms with Crippen molar-refractivity contribution in [3.8, 4) is 17.2 Å². The molecule has 2 aromatic carbocycles.